The lowest BCUT2D eigenvalue weighted by atomic mass is 10.2. The molecule has 0 radical (unpaired) electrons. The van der Waals surface area contributed by atoms with Crippen molar-refractivity contribution < 1.29 is 13.2 Å². The van der Waals surface area contributed by atoms with Crippen LogP contribution in [0.3, 0.4) is 0 Å². The summed E-state index contributed by atoms with van der Waals surface area (Å²) < 4.78 is 27.4. The summed E-state index contributed by atoms with van der Waals surface area (Å²) in [6.07, 6.45) is 0. The second kappa shape index (κ2) is 7.21. The van der Waals surface area contributed by atoms with E-state index in [9.17, 15) is 13.2 Å². The molecule has 7 heteroatoms. The monoisotopic (exact) mass is 391 g/mol. The number of rotatable bonds is 5. The fourth-order valence-corrected chi connectivity index (χ4v) is 3.89. The number of nitrogens with one attached hydrogen (secondary N) is 3. The topological polar surface area (TPSA) is 91.1 Å². The zero-order valence-corrected chi connectivity index (χ0v) is 15.5. The second-order valence-electron chi connectivity index (χ2n) is 6.22. The van der Waals surface area contributed by atoms with Gasteiger partial charge in [-0.2, -0.15) is 0 Å². The van der Waals surface area contributed by atoms with Crippen molar-refractivity contribution in [1.29, 1.82) is 0 Å². The molecule has 0 saturated carbocycles. The summed E-state index contributed by atoms with van der Waals surface area (Å²) in [5.41, 5.74) is 2.30. The highest BCUT2D eigenvalue weighted by Crippen LogP contribution is 2.19. The highest BCUT2D eigenvalue weighted by atomic mass is 32.2. The normalized spacial score (nSPS) is 11.3. The molecule has 1 amide bonds. The number of para-hydroxylation sites is 2. The second-order valence-corrected chi connectivity index (χ2v) is 7.90. The molecule has 0 aliphatic heterocycles. The third kappa shape index (κ3) is 3.74. The van der Waals surface area contributed by atoms with Crippen LogP contribution in [0.15, 0.2) is 89.8 Å². The van der Waals surface area contributed by atoms with Crippen molar-refractivity contribution in [1.82, 2.24) is 4.98 Å². The lowest BCUT2D eigenvalue weighted by molar-refractivity contribution is 0.102. The van der Waals surface area contributed by atoms with Gasteiger partial charge in [0.05, 0.1) is 4.90 Å². The standard InChI is InChI=1S/C21H17N3O3S/c25-21(20-14-15-6-4-5-9-19(15)23-20)22-16-10-12-18(13-11-16)28(26,27)24-17-7-2-1-3-8-17/h1-14,23-24H,(H,22,25). The summed E-state index contributed by atoms with van der Waals surface area (Å²) in [7, 11) is -3.70. The quantitative estimate of drug-likeness (QED) is 0.476. The number of anilines is 2. The maximum absolute atomic E-state index is 12.5. The largest absolute Gasteiger partial charge is 0.351 e. The number of carbonyl (C=O) groups is 1. The molecule has 0 fully saturated rings. The number of sulfonamides is 1. The van der Waals surface area contributed by atoms with Crippen molar-refractivity contribution in [3.63, 3.8) is 0 Å². The highest BCUT2D eigenvalue weighted by Gasteiger charge is 2.15. The smallest absolute Gasteiger partial charge is 0.272 e. The maximum Gasteiger partial charge on any atom is 0.272 e. The minimum absolute atomic E-state index is 0.111. The number of aromatic amines is 1. The predicted molar refractivity (Wildman–Crippen MR) is 110 cm³/mol. The van der Waals surface area contributed by atoms with Gasteiger partial charge in [0, 0.05) is 22.3 Å². The lowest BCUT2D eigenvalue weighted by Crippen LogP contribution is -2.14. The minimum Gasteiger partial charge on any atom is -0.351 e. The zero-order valence-electron chi connectivity index (χ0n) is 14.7. The number of amides is 1. The number of fused-ring (bicyclic) bond motifs is 1. The van der Waals surface area contributed by atoms with Gasteiger partial charge in [-0.05, 0) is 48.5 Å². The summed E-state index contributed by atoms with van der Waals surface area (Å²) >= 11 is 0. The Morgan fingerprint density at radius 1 is 0.786 bits per heavy atom. The Labute approximate surface area is 162 Å². The average Bonchev–Trinajstić information content (AvgIpc) is 3.13. The molecule has 4 rings (SSSR count). The SMILES string of the molecule is O=C(Nc1ccc(S(=O)(=O)Nc2ccccc2)cc1)c1cc2ccccc2[nH]1. The molecule has 1 heterocycles. The molecule has 0 saturated heterocycles. The Morgan fingerprint density at radius 2 is 1.46 bits per heavy atom. The van der Waals surface area contributed by atoms with Gasteiger partial charge in [-0.15, -0.1) is 0 Å². The van der Waals surface area contributed by atoms with Crippen LogP contribution in [0.5, 0.6) is 0 Å². The summed E-state index contributed by atoms with van der Waals surface area (Å²) in [5, 5.41) is 3.71. The Bertz CT molecular complexity index is 1200. The Balaban J connectivity index is 1.49. The molecule has 3 N–H and O–H groups in total. The van der Waals surface area contributed by atoms with E-state index in [-0.39, 0.29) is 10.8 Å². The molecule has 0 unspecified atom stereocenters. The van der Waals surface area contributed by atoms with Crippen LogP contribution in [0.2, 0.25) is 0 Å². The van der Waals surface area contributed by atoms with Gasteiger partial charge in [0.1, 0.15) is 5.69 Å². The van der Waals surface area contributed by atoms with Crippen LogP contribution in [-0.4, -0.2) is 19.3 Å². The van der Waals surface area contributed by atoms with Gasteiger partial charge < -0.3 is 10.3 Å². The molecule has 0 aliphatic rings. The number of carbonyl (C=O) groups excluding carboxylic acids is 1. The van der Waals surface area contributed by atoms with Crippen LogP contribution in [0.4, 0.5) is 11.4 Å². The van der Waals surface area contributed by atoms with Gasteiger partial charge in [-0.1, -0.05) is 36.4 Å². The molecule has 1 aromatic heterocycles. The first kappa shape index (κ1) is 17.8. The summed E-state index contributed by atoms with van der Waals surface area (Å²) in [6.45, 7) is 0. The molecule has 28 heavy (non-hydrogen) atoms. The fraction of sp³-hybridized carbons (Fsp3) is 0. The lowest BCUT2D eigenvalue weighted by Gasteiger charge is -2.09. The van der Waals surface area contributed by atoms with E-state index in [0.717, 1.165) is 10.9 Å². The highest BCUT2D eigenvalue weighted by molar-refractivity contribution is 7.92. The van der Waals surface area contributed by atoms with Crippen molar-refractivity contribution >= 4 is 38.2 Å². The van der Waals surface area contributed by atoms with Gasteiger partial charge in [-0.25, -0.2) is 8.42 Å². The first-order chi connectivity index (χ1) is 13.5. The third-order valence-electron chi connectivity index (χ3n) is 4.22. The molecule has 6 nitrogen and oxygen atoms in total. The molecule has 0 spiro atoms. The van der Waals surface area contributed by atoms with E-state index >= 15 is 0 Å². The van der Waals surface area contributed by atoms with E-state index in [0.29, 0.717) is 17.1 Å². The minimum atomic E-state index is -3.70. The van der Waals surface area contributed by atoms with Gasteiger partial charge in [-0.3, -0.25) is 9.52 Å². The van der Waals surface area contributed by atoms with Crippen LogP contribution < -0.4 is 10.0 Å². The molecule has 140 valence electrons. The van der Waals surface area contributed by atoms with E-state index in [1.54, 1.807) is 42.5 Å². The van der Waals surface area contributed by atoms with Crippen LogP contribution in [0.1, 0.15) is 10.5 Å². The van der Waals surface area contributed by atoms with Gasteiger partial charge >= 0.3 is 0 Å². The zero-order chi connectivity index (χ0) is 19.6. The first-order valence-electron chi connectivity index (χ1n) is 8.58. The van der Waals surface area contributed by atoms with E-state index < -0.39 is 10.0 Å². The number of aromatic nitrogens is 1. The third-order valence-corrected chi connectivity index (χ3v) is 5.62. The summed E-state index contributed by atoms with van der Waals surface area (Å²) in [6, 6.07) is 24.0. The Hall–Kier alpha value is -3.58. The average molecular weight is 391 g/mol. The van der Waals surface area contributed by atoms with Crippen molar-refractivity contribution in [2.45, 2.75) is 4.90 Å². The first-order valence-corrected chi connectivity index (χ1v) is 10.1. The van der Waals surface area contributed by atoms with Crippen molar-refractivity contribution in [2.75, 3.05) is 10.0 Å². The van der Waals surface area contributed by atoms with Gasteiger partial charge in [0.25, 0.3) is 15.9 Å². The van der Waals surface area contributed by atoms with Crippen molar-refractivity contribution in [2.24, 2.45) is 0 Å². The number of hydrogen-bond donors (Lipinski definition) is 3. The molecular weight excluding hydrogens is 374 g/mol. The van der Waals surface area contributed by atoms with Crippen molar-refractivity contribution in [3.05, 3.63) is 90.6 Å². The maximum atomic E-state index is 12.5. The molecule has 0 atom stereocenters. The van der Waals surface area contributed by atoms with Gasteiger partial charge in [0.2, 0.25) is 0 Å². The van der Waals surface area contributed by atoms with Crippen LogP contribution >= 0.6 is 0 Å². The number of benzene rings is 3. The molecule has 0 bridgehead atoms. The predicted octanol–water partition coefficient (Wildman–Crippen LogP) is 4.22. The molecule has 4 aromatic rings. The van der Waals surface area contributed by atoms with Gasteiger partial charge in [0.15, 0.2) is 0 Å². The van der Waals surface area contributed by atoms with Crippen LogP contribution in [-0.2, 0) is 10.0 Å². The summed E-state index contributed by atoms with van der Waals surface area (Å²) in [4.78, 5) is 15.6. The fourth-order valence-electron chi connectivity index (χ4n) is 2.83. The van der Waals surface area contributed by atoms with E-state index in [2.05, 4.69) is 15.0 Å². The van der Waals surface area contributed by atoms with E-state index in [1.807, 2.05) is 30.3 Å². The van der Waals surface area contributed by atoms with Crippen LogP contribution in [0, 0.1) is 0 Å². The van der Waals surface area contributed by atoms with Crippen molar-refractivity contribution in [3.8, 4) is 0 Å². The Kier molecular flexibility index (Phi) is 4.58. The van der Waals surface area contributed by atoms with E-state index in [4.69, 9.17) is 0 Å². The van der Waals surface area contributed by atoms with E-state index in [1.165, 1.54) is 12.1 Å². The molecular formula is C21H17N3O3S. The molecule has 0 aliphatic carbocycles. The summed E-state index contributed by atoms with van der Waals surface area (Å²) in [5.74, 6) is -0.297. The van der Waals surface area contributed by atoms with Crippen LogP contribution in [0.25, 0.3) is 10.9 Å². The molecule has 3 aromatic carbocycles. The Morgan fingerprint density at radius 3 is 2.18 bits per heavy atom. The number of hydrogen-bond acceptors (Lipinski definition) is 3. The number of H-pyrrole nitrogens is 1.